The van der Waals surface area contributed by atoms with Crippen LogP contribution in [0.25, 0.3) is 0 Å². The zero-order chi connectivity index (χ0) is 11.7. The maximum atomic E-state index is 5.98. The second-order valence-corrected chi connectivity index (χ2v) is 5.28. The molecule has 4 atom stereocenters. The molecular weight excluding hydrogens is 212 g/mol. The highest BCUT2D eigenvalue weighted by molar-refractivity contribution is 5.16. The van der Waals surface area contributed by atoms with E-state index in [2.05, 4.69) is 31.2 Å². The molecule has 17 heavy (non-hydrogen) atoms. The molecule has 1 saturated carbocycles. The van der Waals surface area contributed by atoms with Crippen LogP contribution in [0.5, 0.6) is 0 Å². The van der Waals surface area contributed by atoms with Crippen molar-refractivity contribution in [1.82, 2.24) is 0 Å². The lowest BCUT2D eigenvalue weighted by Gasteiger charge is -2.21. The third-order valence-corrected chi connectivity index (χ3v) is 3.96. The molecule has 0 bridgehead atoms. The van der Waals surface area contributed by atoms with E-state index in [1.165, 1.54) is 24.8 Å². The van der Waals surface area contributed by atoms with Crippen molar-refractivity contribution in [2.75, 3.05) is 6.61 Å². The van der Waals surface area contributed by atoms with Crippen LogP contribution in [0.15, 0.2) is 30.3 Å². The summed E-state index contributed by atoms with van der Waals surface area (Å²) in [5, 5.41) is 0. The summed E-state index contributed by atoms with van der Waals surface area (Å²) < 4.78 is 11.5. The predicted molar refractivity (Wildman–Crippen MR) is 66.8 cm³/mol. The number of benzene rings is 1. The lowest BCUT2D eigenvalue weighted by molar-refractivity contribution is 0.0320. The molecule has 92 valence electrons. The molecule has 0 N–H and O–H groups in total. The summed E-state index contributed by atoms with van der Waals surface area (Å²) in [5.41, 5.74) is 1.27. The summed E-state index contributed by atoms with van der Waals surface area (Å²) in [6, 6.07) is 10.4. The van der Waals surface area contributed by atoms with Gasteiger partial charge >= 0.3 is 0 Å². The molecule has 3 rings (SSSR count). The summed E-state index contributed by atoms with van der Waals surface area (Å²) in [4.78, 5) is 0. The minimum Gasteiger partial charge on any atom is -0.374 e. The zero-order valence-electron chi connectivity index (χ0n) is 10.3. The van der Waals surface area contributed by atoms with Crippen molar-refractivity contribution in [3.8, 4) is 0 Å². The van der Waals surface area contributed by atoms with Crippen molar-refractivity contribution >= 4 is 0 Å². The Balaban J connectivity index is 1.47. The van der Waals surface area contributed by atoms with Crippen molar-refractivity contribution in [3.63, 3.8) is 0 Å². The standard InChI is InChI=1S/C15H20O2/c1-11(13-5-3-2-4-6-13)16-10-12-7-8-14-15(9-12)17-14/h2-6,11-12,14-15H,7-10H2,1H3. The van der Waals surface area contributed by atoms with Crippen molar-refractivity contribution < 1.29 is 9.47 Å². The Hall–Kier alpha value is -0.860. The van der Waals surface area contributed by atoms with E-state index in [1.54, 1.807) is 0 Å². The summed E-state index contributed by atoms with van der Waals surface area (Å²) in [7, 11) is 0. The molecule has 1 saturated heterocycles. The van der Waals surface area contributed by atoms with Crippen molar-refractivity contribution in [2.24, 2.45) is 5.92 Å². The van der Waals surface area contributed by atoms with Gasteiger partial charge in [0.2, 0.25) is 0 Å². The summed E-state index contributed by atoms with van der Waals surface area (Å²) in [6.45, 7) is 3.01. The van der Waals surface area contributed by atoms with Crippen molar-refractivity contribution in [1.29, 1.82) is 0 Å². The van der Waals surface area contributed by atoms with E-state index in [-0.39, 0.29) is 6.10 Å². The van der Waals surface area contributed by atoms with Gasteiger partial charge in [-0.15, -0.1) is 0 Å². The Morgan fingerprint density at radius 3 is 2.82 bits per heavy atom. The molecule has 2 aliphatic rings. The van der Waals surface area contributed by atoms with Crippen LogP contribution in [-0.4, -0.2) is 18.8 Å². The highest BCUT2D eigenvalue weighted by Gasteiger charge is 2.43. The van der Waals surface area contributed by atoms with Crippen LogP contribution in [0.4, 0.5) is 0 Å². The van der Waals surface area contributed by atoms with Gasteiger partial charge in [0.25, 0.3) is 0 Å². The third-order valence-electron chi connectivity index (χ3n) is 3.96. The Kier molecular flexibility index (Phi) is 3.17. The van der Waals surface area contributed by atoms with Gasteiger partial charge in [0.1, 0.15) is 0 Å². The molecule has 1 aromatic carbocycles. The Labute approximate surface area is 103 Å². The van der Waals surface area contributed by atoms with Gasteiger partial charge in [-0.1, -0.05) is 30.3 Å². The molecule has 1 heterocycles. The monoisotopic (exact) mass is 232 g/mol. The van der Waals surface area contributed by atoms with Crippen LogP contribution in [0, 0.1) is 5.92 Å². The summed E-state index contributed by atoms with van der Waals surface area (Å²) in [5.74, 6) is 0.699. The highest BCUT2D eigenvalue weighted by atomic mass is 16.6. The van der Waals surface area contributed by atoms with E-state index < -0.39 is 0 Å². The SMILES string of the molecule is CC(OCC1CCC2OC2C1)c1ccccc1. The van der Waals surface area contributed by atoms with Crippen LogP contribution in [0.3, 0.4) is 0 Å². The molecule has 0 aromatic heterocycles. The van der Waals surface area contributed by atoms with Crippen molar-refractivity contribution in [2.45, 2.75) is 44.5 Å². The van der Waals surface area contributed by atoms with E-state index in [0.717, 1.165) is 6.61 Å². The normalized spacial score (nSPS) is 32.9. The minimum absolute atomic E-state index is 0.203. The van der Waals surface area contributed by atoms with Gasteiger partial charge in [-0.05, 0) is 37.7 Å². The molecule has 0 spiro atoms. The minimum atomic E-state index is 0.203. The molecule has 4 unspecified atom stereocenters. The van der Waals surface area contributed by atoms with Gasteiger partial charge in [-0.3, -0.25) is 0 Å². The van der Waals surface area contributed by atoms with Gasteiger partial charge in [-0.2, -0.15) is 0 Å². The smallest absolute Gasteiger partial charge is 0.0845 e. The van der Waals surface area contributed by atoms with Gasteiger partial charge in [0.05, 0.1) is 24.9 Å². The van der Waals surface area contributed by atoms with Crippen LogP contribution >= 0.6 is 0 Å². The number of hydrogen-bond donors (Lipinski definition) is 0. The summed E-state index contributed by atoms with van der Waals surface area (Å²) >= 11 is 0. The second kappa shape index (κ2) is 4.79. The van der Waals surface area contributed by atoms with E-state index >= 15 is 0 Å². The first-order valence-electron chi connectivity index (χ1n) is 6.65. The Bertz CT molecular complexity index is 362. The van der Waals surface area contributed by atoms with Crippen LogP contribution < -0.4 is 0 Å². The number of fused-ring (bicyclic) bond motifs is 1. The molecule has 1 aliphatic carbocycles. The van der Waals surface area contributed by atoms with E-state index in [1.807, 2.05) is 6.07 Å². The van der Waals surface area contributed by atoms with Crippen LogP contribution in [0.2, 0.25) is 0 Å². The van der Waals surface area contributed by atoms with E-state index in [9.17, 15) is 0 Å². The van der Waals surface area contributed by atoms with E-state index in [0.29, 0.717) is 18.1 Å². The quantitative estimate of drug-likeness (QED) is 0.743. The lowest BCUT2D eigenvalue weighted by atomic mass is 9.90. The van der Waals surface area contributed by atoms with Crippen molar-refractivity contribution in [3.05, 3.63) is 35.9 Å². The zero-order valence-corrected chi connectivity index (χ0v) is 10.3. The first-order chi connectivity index (χ1) is 8.33. The first-order valence-corrected chi connectivity index (χ1v) is 6.65. The third kappa shape index (κ3) is 2.70. The Morgan fingerprint density at radius 1 is 1.24 bits per heavy atom. The molecule has 2 heteroatoms. The van der Waals surface area contributed by atoms with Gasteiger partial charge in [-0.25, -0.2) is 0 Å². The molecule has 2 fully saturated rings. The van der Waals surface area contributed by atoms with Crippen LogP contribution in [0.1, 0.15) is 37.9 Å². The first kappa shape index (κ1) is 11.2. The Morgan fingerprint density at radius 2 is 2.06 bits per heavy atom. The molecule has 1 aromatic rings. The van der Waals surface area contributed by atoms with Crippen LogP contribution in [-0.2, 0) is 9.47 Å². The number of ether oxygens (including phenoxy) is 2. The van der Waals surface area contributed by atoms with Gasteiger partial charge < -0.3 is 9.47 Å². The fourth-order valence-corrected chi connectivity index (χ4v) is 2.74. The molecule has 0 amide bonds. The second-order valence-electron chi connectivity index (χ2n) is 5.28. The van der Waals surface area contributed by atoms with Gasteiger partial charge in [0.15, 0.2) is 0 Å². The highest BCUT2D eigenvalue weighted by Crippen LogP contribution is 2.39. The average molecular weight is 232 g/mol. The predicted octanol–water partition coefficient (Wildman–Crippen LogP) is 3.33. The van der Waals surface area contributed by atoms with E-state index in [4.69, 9.17) is 9.47 Å². The maximum absolute atomic E-state index is 5.98. The largest absolute Gasteiger partial charge is 0.374 e. The molecule has 0 radical (unpaired) electrons. The fourth-order valence-electron chi connectivity index (χ4n) is 2.74. The number of hydrogen-bond acceptors (Lipinski definition) is 2. The molecule has 2 nitrogen and oxygen atoms in total. The lowest BCUT2D eigenvalue weighted by Crippen LogP contribution is -2.19. The molecular formula is C15H20O2. The summed E-state index contributed by atoms with van der Waals surface area (Å²) in [6.07, 6.45) is 5.06. The number of epoxide rings is 1. The molecule has 1 aliphatic heterocycles. The van der Waals surface area contributed by atoms with Gasteiger partial charge in [0, 0.05) is 0 Å². The number of rotatable bonds is 4. The fraction of sp³-hybridized carbons (Fsp3) is 0.600. The topological polar surface area (TPSA) is 21.8 Å². The maximum Gasteiger partial charge on any atom is 0.0845 e. The average Bonchev–Trinajstić information content (AvgIpc) is 3.15.